The minimum Gasteiger partial charge on any atom is -0.534 e. The van der Waals surface area contributed by atoms with Gasteiger partial charge in [-0.3, -0.25) is 9.59 Å². The van der Waals surface area contributed by atoms with E-state index in [9.17, 15) is 23.8 Å². The van der Waals surface area contributed by atoms with Crippen molar-refractivity contribution in [1.29, 1.82) is 0 Å². The lowest BCUT2D eigenvalue weighted by atomic mass is 9.72. The summed E-state index contributed by atoms with van der Waals surface area (Å²) in [7, 11) is -1.42. The molecule has 0 bridgehead atoms. The number of benzene rings is 1. The van der Waals surface area contributed by atoms with Crippen molar-refractivity contribution in [2.24, 2.45) is 5.41 Å². The van der Waals surface area contributed by atoms with E-state index in [0.717, 1.165) is 12.1 Å². The fourth-order valence-corrected chi connectivity index (χ4v) is 2.45. The smallest absolute Gasteiger partial charge is 0.534 e. The highest BCUT2D eigenvalue weighted by atomic mass is 19.1. The monoisotopic (exact) mass is 381 g/mol. The van der Waals surface area contributed by atoms with Gasteiger partial charge in [-0.05, 0) is 44.9 Å². The van der Waals surface area contributed by atoms with Gasteiger partial charge in [0.25, 0.3) is 0 Å². The van der Waals surface area contributed by atoms with Gasteiger partial charge in [-0.1, -0.05) is 0 Å². The SMILES string of the molecule is CC(=O)N[C@H]1Cc2cc(F)cc(C(=O)OCOC(=O)C(C)(C)C)c2OB1O. The van der Waals surface area contributed by atoms with Gasteiger partial charge in [0.1, 0.15) is 17.1 Å². The number of carbonyl (C=O) groups is 3. The number of halogens is 1. The molecular formula is C17H21BFNO7. The Morgan fingerprint density at radius 1 is 1.33 bits per heavy atom. The molecule has 0 aromatic heterocycles. The molecule has 1 amide bonds. The van der Waals surface area contributed by atoms with Crippen molar-refractivity contribution in [3.63, 3.8) is 0 Å². The normalized spacial score (nSPS) is 16.1. The topological polar surface area (TPSA) is 111 Å². The zero-order valence-electron chi connectivity index (χ0n) is 15.5. The quantitative estimate of drug-likeness (QED) is 0.455. The molecule has 146 valence electrons. The Hall–Kier alpha value is -2.62. The van der Waals surface area contributed by atoms with Gasteiger partial charge < -0.3 is 24.5 Å². The molecule has 10 heteroatoms. The van der Waals surface area contributed by atoms with Gasteiger partial charge in [-0.25, -0.2) is 9.18 Å². The minimum atomic E-state index is -1.42. The molecule has 1 aliphatic heterocycles. The van der Waals surface area contributed by atoms with Crippen molar-refractivity contribution < 1.29 is 37.9 Å². The molecule has 0 fully saturated rings. The lowest BCUT2D eigenvalue weighted by molar-refractivity contribution is -0.161. The van der Waals surface area contributed by atoms with Crippen LogP contribution >= 0.6 is 0 Å². The number of ether oxygens (including phenoxy) is 2. The number of nitrogens with one attached hydrogen (secondary N) is 1. The number of amides is 1. The second-order valence-corrected chi connectivity index (χ2v) is 7.19. The van der Waals surface area contributed by atoms with E-state index in [1.54, 1.807) is 20.8 Å². The van der Waals surface area contributed by atoms with Gasteiger partial charge in [0.05, 0.1) is 11.4 Å². The van der Waals surface area contributed by atoms with Crippen LogP contribution in [0.2, 0.25) is 0 Å². The third-order valence-electron chi connectivity index (χ3n) is 3.75. The van der Waals surface area contributed by atoms with Gasteiger partial charge in [-0.15, -0.1) is 0 Å². The molecule has 0 unspecified atom stereocenters. The van der Waals surface area contributed by atoms with Gasteiger partial charge in [-0.2, -0.15) is 0 Å². The lowest BCUT2D eigenvalue weighted by Gasteiger charge is -2.29. The highest BCUT2D eigenvalue weighted by molar-refractivity contribution is 6.47. The molecule has 8 nitrogen and oxygen atoms in total. The largest absolute Gasteiger partial charge is 0.547 e. The summed E-state index contributed by atoms with van der Waals surface area (Å²) in [5.41, 5.74) is -0.731. The first-order valence-corrected chi connectivity index (χ1v) is 8.27. The summed E-state index contributed by atoms with van der Waals surface area (Å²) < 4.78 is 28.9. The Kier molecular flexibility index (Phi) is 6.10. The number of rotatable bonds is 4. The summed E-state index contributed by atoms with van der Waals surface area (Å²) in [6, 6.07) is 2.05. The van der Waals surface area contributed by atoms with Crippen LogP contribution in [0, 0.1) is 11.2 Å². The fraction of sp³-hybridized carbons (Fsp3) is 0.471. The number of hydrogen-bond acceptors (Lipinski definition) is 7. The molecule has 0 aliphatic carbocycles. The van der Waals surface area contributed by atoms with E-state index in [4.69, 9.17) is 14.1 Å². The van der Waals surface area contributed by atoms with E-state index >= 15 is 0 Å². The predicted molar refractivity (Wildman–Crippen MR) is 92.1 cm³/mol. The van der Waals surface area contributed by atoms with Crippen LogP contribution in [-0.4, -0.2) is 42.7 Å². The molecule has 0 radical (unpaired) electrons. The summed E-state index contributed by atoms with van der Waals surface area (Å²) in [6.45, 7) is 5.55. The van der Waals surface area contributed by atoms with Gasteiger partial charge in [0.2, 0.25) is 12.7 Å². The third-order valence-corrected chi connectivity index (χ3v) is 3.75. The van der Waals surface area contributed by atoms with Crippen molar-refractivity contribution in [2.45, 2.75) is 40.1 Å². The zero-order chi connectivity index (χ0) is 20.4. The number of esters is 2. The number of hydrogen-bond donors (Lipinski definition) is 2. The van der Waals surface area contributed by atoms with Crippen molar-refractivity contribution in [3.8, 4) is 5.75 Å². The van der Waals surface area contributed by atoms with Crippen molar-refractivity contribution in [1.82, 2.24) is 5.32 Å². The van der Waals surface area contributed by atoms with Crippen molar-refractivity contribution in [2.75, 3.05) is 6.79 Å². The molecule has 2 rings (SSSR count). The van der Waals surface area contributed by atoms with Crippen LogP contribution in [0.15, 0.2) is 12.1 Å². The second kappa shape index (κ2) is 7.95. The Balaban J connectivity index is 2.14. The van der Waals surface area contributed by atoms with Crippen LogP contribution in [0.1, 0.15) is 43.6 Å². The first-order valence-electron chi connectivity index (χ1n) is 8.27. The van der Waals surface area contributed by atoms with Gasteiger partial charge >= 0.3 is 19.1 Å². The molecule has 1 aromatic carbocycles. The molecule has 0 saturated heterocycles. The summed E-state index contributed by atoms with van der Waals surface area (Å²) in [5.74, 6) is -3.47. The van der Waals surface area contributed by atoms with E-state index in [0.29, 0.717) is 0 Å². The third kappa shape index (κ3) is 5.19. The average molecular weight is 381 g/mol. The first kappa shape index (κ1) is 20.7. The van der Waals surface area contributed by atoms with Crippen LogP contribution in [0.5, 0.6) is 5.75 Å². The standard InChI is InChI=1S/C17H21BFNO7/c1-9(21)20-13-6-10-5-11(19)7-12(14(10)27-18(13)24)15(22)25-8-26-16(23)17(2,3)4/h5,7,13,24H,6,8H2,1-4H3,(H,20,21)/t13-/m0/s1. The summed E-state index contributed by atoms with van der Waals surface area (Å²) in [5, 5.41) is 12.5. The molecule has 0 spiro atoms. The Labute approximate surface area is 156 Å². The predicted octanol–water partition coefficient (Wildman–Crippen LogP) is 0.989. The Bertz CT molecular complexity index is 762. The molecule has 2 N–H and O–H groups in total. The van der Waals surface area contributed by atoms with Crippen molar-refractivity contribution in [3.05, 3.63) is 29.1 Å². The lowest BCUT2D eigenvalue weighted by Crippen LogP contribution is -2.52. The van der Waals surface area contributed by atoms with Crippen LogP contribution in [0.25, 0.3) is 0 Å². The second-order valence-electron chi connectivity index (χ2n) is 7.19. The van der Waals surface area contributed by atoms with E-state index in [-0.39, 0.29) is 29.2 Å². The van der Waals surface area contributed by atoms with Gasteiger partial charge in [0, 0.05) is 6.92 Å². The van der Waals surface area contributed by atoms with E-state index in [2.05, 4.69) is 5.32 Å². The molecule has 1 heterocycles. The highest BCUT2D eigenvalue weighted by Gasteiger charge is 2.38. The van der Waals surface area contributed by atoms with Crippen LogP contribution in [-0.2, 0) is 25.5 Å². The maximum absolute atomic E-state index is 13.9. The first-order chi connectivity index (χ1) is 12.5. The van der Waals surface area contributed by atoms with E-state index in [1.807, 2.05) is 0 Å². The van der Waals surface area contributed by atoms with E-state index < -0.39 is 43.0 Å². The zero-order valence-corrected chi connectivity index (χ0v) is 15.5. The van der Waals surface area contributed by atoms with Crippen LogP contribution < -0.4 is 9.97 Å². The van der Waals surface area contributed by atoms with Crippen molar-refractivity contribution >= 4 is 25.0 Å². The number of fused-ring (bicyclic) bond motifs is 1. The van der Waals surface area contributed by atoms with Gasteiger partial charge in [0.15, 0.2) is 0 Å². The summed E-state index contributed by atoms with van der Waals surface area (Å²) >= 11 is 0. The highest BCUT2D eigenvalue weighted by Crippen LogP contribution is 2.32. The Morgan fingerprint density at radius 3 is 2.59 bits per heavy atom. The average Bonchev–Trinajstić information content (AvgIpc) is 2.53. The minimum absolute atomic E-state index is 0.0438. The molecule has 1 aromatic rings. The maximum Gasteiger partial charge on any atom is 0.547 e. The summed E-state index contributed by atoms with van der Waals surface area (Å²) in [6.07, 6.45) is 0.0626. The summed E-state index contributed by atoms with van der Waals surface area (Å²) in [4.78, 5) is 35.1. The van der Waals surface area contributed by atoms with Crippen LogP contribution in [0.4, 0.5) is 4.39 Å². The fourth-order valence-electron chi connectivity index (χ4n) is 2.45. The molecule has 0 saturated carbocycles. The molecular weight excluding hydrogens is 360 g/mol. The number of carbonyl (C=O) groups excluding carboxylic acids is 3. The maximum atomic E-state index is 13.9. The molecule has 27 heavy (non-hydrogen) atoms. The molecule has 1 aliphatic rings. The van der Waals surface area contributed by atoms with Crippen LogP contribution in [0.3, 0.4) is 0 Å². The Morgan fingerprint density at radius 2 is 2.00 bits per heavy atom. The molecule has 1 atom stereocenters. The van der Waals surface area contributed by atoms with E-state index in [1.165, 1.54) is 6.92 Å².